The summed E-state index contributed by atoms with van der Waals surface area (Å²) in [7, 11) is 0. The van der Waals surface area contributed by atoms with E-state index in [9.17, 15) is 4.79 Å². The van der Waals surface area contributed by atoms with E-state index in [0.717, 1.165) is 37.4 Å². The smallest absolute Gasteiger partial charge is 0.227 e. The Bertz CT molecular complexity index is 478. The molecule has 1 fully saturated rings. The molecule has 1 aliphatic heterocycles. The molecule has 0 saturated carbocycles. The van der Waals surface area contributed by atoms with E-state index in [4.69, 9.17) is 5.73 Å². The number of hydrogen-bond acceptors (Lipinski definition) is 2. The van der Waals surface area contributed by atoms with Crippen molar-refractivity contribution in [3.05, 3.63) is 35.9 Å². The molecule has 2 N–H and O–H groups in total. The van der Waals surface area contributed by atoms with Crippen molar-refractivity contribution in [2.45, 2.75) is 46.1 Å². The van der Waals surface area contributed by atoms with Gasteiger partial charge in [-0.15, -0.1) is 12.4 Å². The van der Waals surface area contributed by atoms with E-state index in [2.05, 4.69) is 13.8 Å². The van der Waals surface area contributed by atoms with Crippen LogP contribution in [-0.2, 0) is 4.79 Å². The van der Waals surface area contributed by atoms with E-state index in [-0.39, 0.29) is 30.3 Å². The first kappa shape index (κ1) is 20.0. The van der Waals surface area contributed by atoms with Crippen LogP contribution in [0, 0.1) is 17.8 Å². The molecule has 1 heterocycles. The number of amides is 1. The van der Waals surface area contributed by atoms with Crippen LogP contribution in [0.2, 0.25) is 0 Å². The SMILES string of the molecule is CC(C)C1CCCN(C(=O)C(C)C(N)c2ccccc2)CC1.Cl. The largest absolute Gasteiger partial charge is 0.342 e. The van der Waals surface area contributed by atoms with Gasteiger partial charge < -0.3 is 10.6 Å². The average Bonchev–Trinajstić information content (AvgIpc) is 2.79. The first-order valence-electron chi connectivity index (χ1n) is 8.60. The van der Waals surface area contributed by atoms with Gasteiger partial charge in [0.15, 0.2) is 0 Å². The maximum Gasteiger partial charge on any atom is 0.227 e. The summed E-state index contributed by atoms with van der Waals surface area (Å²) in [5.74, 6) is 1.49. The fraction of sp³-hybridized carbons (Fsp3) is 0.632. The Labute approximate surface area is 147 Å². The highest BCUT2D eigenvalue weighted by atomic mass is 35.5. The van der Waals surface area contributed by atoms with E-state index >= 15 is 0 Å². The van der Waals surface area contributed by atoms with Gasteiger partial charge in [-0.2, -0.15) is 0 Å². The molecule has 2 rings (SSSR count). The van der Waals surface area contributed by atoms with Crippen molar-refractivity contribution >= 4 is 18.3 Å². The Morgan fingerprint density at radius 1 is 1.13 bits per heavy atom. The average molecular weight is 339 g/mol. The van der Waals surface area contributed by atoms with Gasteiger partial charge >= 0.3 is 0 Å². The standard InChI is InChI=1S/C19H30N2O.ClH/c1-14(2)16-10-7-12-21(13-11-16)19(22)15(3)18(20)17-8-5-4-6-9-17;/h4-6,8-9,14-16,18H,7,10-13,20H2,1-3H3;1H. The zero-order chi connectivity index (χ0) is 16.1. The lowest BCUT2D eigenvalue weighted by Crippen LogP contribution is -2.40. The molecule has 0 spiro atoms. The molecule has 1 aromatic carbocycles. The summed E-state index contributed by atoms with van der Waals surface area (Å²) >= 11 is 0. The molecule has 3 nitrogen and oxygen atoms in total. The normalized spacial score (nSPS) is 21.3. The highest BCUT2D eigenvalue weighted by molar-refractivity contribution is 5.85. The van der Waals surface area contributed by atoms with Crippen LogP contribution in [0.4, 0.5) is 0 Å². The summed E-state index contributed by atoms with van der Waals surface area (Å²) in [6, 6.07) is 9.72. The number of halogens is 1. The first-order chi connectivity index (χ1) is 10.5. The summed E-state index contributed by atoms with van der Waals surface area (Å²) < 4.78 is 0. The quantitative estimate of drug-likeness (QED) is 0.900. The number of nitrogens with zero attached hydrogens (tertiary/aromatic N) is 1. The molecule has 1 aromatic rings. The molecule has 1 amide bonds. The van der Waals surface area contributed by atoms with Gasteiger partial charge in [0, 0.05) is 19.1 Å². The van der Waals surface area contributed by atoms with Gasteiger partial charge in [-0.05, 0) is 36.7 Å². The van der Waals surface area contributed by atoms with Crippen molar-refractivity contribution < 1.29 is 4.79 Å². The van der Waals surface area contributed by atoms with Crippen molar-refractivity contribution in [1.82, 2.24) is 4.90 Å². The molecule has 0 aliphatic carbocycles. The van der Waals surface area contributed by atoms with Crippen molar-refractivity contribution in [2.24, 2.45) is 23.5 Å². The Morgan fingerprint density at radius 3 is 2.39 bits per heavy atom. The monoisotopic (exact) mass is 338 g/mol. The number of carbonyl (C=O) groups excluding carboxylic acids is 1. The van der Waals surface area contributed by atoms with Crippen molar-refractivity contribution in [1.29, 1.82) is 0 Å². The zero-order valence-electron chi connectivity index (χ0n) is 14.6. The minimum absolute atomic E-state index is 0. The van der Waals surface area contributed by atoms with Crippen LogP contribution in [0.25, 0.3) is 0 Å². The maximum absolute atomic E-state index is 12.8. The van der Waals surface area contributed by atoms with Crippen LogP contribution >= 0.6 is 12.4 Å². The Morgan fingerprint density at radius 2 is 1.78 bits per heavy atom. The molecule has 23 heavy (non-hydrogen) atoms. The minimum atomic E-state index is -0.224. The van der Waals surface area contributed by atoms with Crippen LogP contribution in [0.1, 0.15) is 51.6 Å². The predicted molar refractivity (Wildman–Crippen MR) is 98.5 cm³/mol. The van der Waals surface area contributed by atoms with Crippen molar-refractivity contribution in [3.8, 4) is 0 Å². The fourth-order valence-corrected chi connectivity index (χ4v) is 3.41. The lowest BCUT2D eigenvalue weighted by molar-refractivity contribution is -0.135. The highest BCUT2D eigenvalue weighted by Crippen LogP contribution is 2.27. The molecule has 3 unspecified atom stereocenters. The molecule has 0 aromatic heterocycles. The lowest BCUT2D eigenvalue weighted by atomic mass is 9.89. The molecule has 4 heteroatoms. The van der Waals surface area contributed by atoms with Gasteiger partial charge in [-0.1, -0.05) is 51.1 Å². The van der Waals surface area contributed by atoms with Crippen LogP contribution in [0.3, 0.4) is 0 Å². The molecular weight excluding hydrogens is 308 g/mol. The third-order valence-electron chi connectivity index (χ3n) is 5.14. The Balaban J connectivity index is 0.00000264. The number of rotatable bonds is 4. The Kier molecular flexibility index (Phi) is 8.07. The van der Waals surface area contributed by atoms with E-state index in [1.165, 1.54) is 6.42 Å². The zero-order valence-corrected chi connectivity index (χ0v) is 15.4. The van der Waals surface area contributed by atoms with Gasteiger partial charge in [0.05, 0.1) is 5.92 Å². The second kappa shape index (κ2) is 9.29. The molecule has 1 saturated heterocycles. The fourth-order valence-electron chi connectivity index (χ4n) is 3.41. The predicted octanol–water partition coefficient (Wildman–Crippen LogP) is 4.03. The third kappa shape index (κ3) is 5.22. The van der Waals surface area contributed by atoms with Crippen LogP contribution in [0.15, 0.2) is 30.3 Å². The maximum atomic E-state index is 12.8. The molecule has 0 bridgehead atoms. The van der Waals surface area contributed by atoms with Gasteiger partial charge in [0.1, 0.15) is 0 Å². The second-order valence-electron chi connectivity index (χ2n) is 6.99. The van der Waals surface area contributed by atoms with Crippen molar-refractivity contribution in [3.63, 3.8) is 0 Å². The first-order valence-corrected chi connectivity index (χ1v) is 8.60. The van der Waals surface area contributed by atoms with Crippen LogP contribution in [0.5, 0.6) is 0 Å². The molecule has 1 aliphatic rings. The van der Waals surface area contributed by atoms with E-state index < -0.39 is 0 Å². The molecular formula is C19H31ClN2O. The molecule has 0 radical (unpaired) electrons. The van der Waals surface area contributed by atoms with E-state index in [1.54, 1.807) is 0 Å². The van der Waals surface area contributed by atoms with Crippen LogP contribution in [-0.4, -0.2) is 23.9 Å². The number of likely N-dealkylation sites (tertiary alicyclic amines) is 1. The van der Waals surface area contributed by atoms with E-state index in [0.29, 0.717) is 5.92 Å². The minimum Gasteiger partial charge on any atom is -0.342 e. The summed E-state index contributed by atoms with van der Waals surface area (Å²) in [5, 5.41) is 0. The van der Waals surface area contributed by atoms with E-state index in [1.807, 2.05) is 42.2 Å². The lowest BCUT2D eigenvalue weighted by Gasteiger charge is -2.28. The highest BCUT2D eigenvalue weighted by Gasteiger charge is 2.28. The summed E-state index contributed by atoms with van der Waals surface area (Å²) in [5.41, 5.74) is 7.35. The van der Waals surface area contributed by atoms with Gasteiger partial charge in [0.2, 0.25) is 5.91 Å². The molecule has 3 atom stereocenters. The number of benzene rings is 1. The summed E-state index contributed by atoms with van der Waals surface area (Å²) in [4.78, 5) is 14.8. The summed E-state index contributed by atoms with van der Waals surface area (Å²) in [6.07, 6.45) is 3.47. The topological polar surface area (TPSA) is 46.3 Å². The van der Waals surface area contributed by atoms with Gasteiger partial charge in [-0.25, -0.2) is 0 Å². The second-order valence-corrected chi connectivity index (χ2v) is 6.99. The number of nitrogens with two attached hydrogens (primary N) is 1. The van der Waals surface area contributed by atoms with Crippen LogP contribution < -0.4 is 5.73 Å². The Hall–Kier alpha value is -1.06. The molecule has 130 valence electrons. The number of hydrogen-bond donors (Lipinski definition) is 1. The summed E-state index contributed by atoms with van der Waals surface area (Å²) in [6.45, 7) is 8.30. The third-order valence-corrected chi connectivity index (χ3v) is 5.14. The number of carbonyl (C=O) groups is 1. The van der Waals surface area contributed by atoms with Gasteiger partial charge in [0.25, 0.3) is 0 Å². The van der Waals surface area contributed by atoms with Gasteiger partial charge in [-0.3, -0.25) is 4.79 Å². The van der Waals surface area contributed by atoms with Crippen molar-refractivity contribution in [2.75, 3.05) is 13.1 Å².